The molecule has 0 amide bonds. The van der Waals surface area contributed by atoms with Crippen molar-refractivity contribution in [2.75, 3.05) is 5.75 Å². The Morgan fingerprint density at radius 3 is 3.06 bits per heavy atom. The maximum Gasteiger partial charge on any atom is 0.313 e. The van der Waals surface area contributed by atoms with E-state index in [0.29, 0.717) is 18.2 Å². The maximum absolute atomic E-state index is 10.4. The van der Waals surface area contributed by atoms with Gasteiger partial charge in [0.1, 0.15) is 0 Å². The lowest BCUT2D eigenvalue weighted by atomic mass is 10.6. The van der Waals surface area contributed by atoms with Crippen molar-refractivity contribution in [1.29, 1.82) is 0 Å². The number of hydrogen-bond acceptors (Lipinski definition) is 6. The molecule has 0 aromatic carbocycles. The molecule has 1 N–H and O–H groups in total. The van der Waals surface area contributed by atoms with Crippen LogP contribution in [0.1, 0.15) is 0 Å². The number of aryl methyl sites for hydroxylation is 2. The molecule has 0 aliphatic rings. The van der Waals surface area contributed by atoms with Gasteiger partial charge in [-0.15, -0.1) is 5.10 Å². The van der Waals surface area contributed by atoms with Crippen molar-refractivity contribution in [2.24, 2.45) is 0 Å². The molecular formula is C8H10N6O2S. The van der Waals surface area contributed by atoms with Gasteiger partial charge in [-0.25, -0.2) is 9.67 Å². The molecule has 0 saturated carbocycles. The van der Waals surface area contributed by atoms with Crippen LogP contribution in [0.5, 0.6) is 0 Å². The molecule has 9 heteroatoms. The summed E-state index contributed by atoms with van der Waals surface area (Å²) in [7, 11) is 0. The van der Waals surface area contributed by atoms with Gasteiger partial charge in [0, 0.05) is 18.9 Å². The Morgan fingerprint density at radius 2 is 2.35 bits per heavy atom. The molecule has 2 rings (SSSR count). The Balaban J connectivity index is 1.92. The van der Waals surface area contributed by atoms with Gasteiger partial charge in [-0.1, -0.05) is 11.8 Å². The number of hydrogen-bond donors (Lipinski definition) is 1. The molecule has 0 aliphatic carbocycles. The van der Waals surface area contributed by atoms with Crippen molar-refractivity contribution in [2.45, 2.75) is 18.2 Å². The molecule has 8 nitrogen and oxygen atoms in total. The third kappa shape index (κ3) is 3.28. The summed E-state index contributed by atoms with van der Waals surface area (Å²) in [6, 6.07) is 0. The predicted molar refractivity (Wildman–Crippen MR) is 58.4 cm³/mol. The number of carbonyl (C=O) groups is 1. The summed E-state index contributed by atoms with van der Waals surface area (Å²) < 4.78 is 3.47. The van der Waals surface area contributed by atoms with Gasteiger partial charge in [0.2, 0.25) is 5.16 Å². The van der Waals surface area contributed by atoms with Crippen LogP contribution in [-0.2, 0) is 17.9 Å². The average Bonchev–Trinajstić information content (AvgIpc) is 2.95. The summed E-state index contributed by atoms with van der Waals surface area (Å²) in [5.41, 5.74) is 0. The SMILES string of the molecule is O=C(O)CSc1nnnn1CCn1ccnc1. The van der Waals surface area contributed by atoms with Crippen molar-refractivity contribution in [3.63, 3.8) is 0 Å². The Bertz CT molecular complexity index is 482. The van der Waals surface area contributed by atoms with E-state index in [4.69, 9.17) is 5.11 Å². The van der Waals surface area contributed by atoms with E-state index in [1.54, 1.807) is 17.2 Å². The van der Waals surface area contributed by atoms with E-state index in [1.165, 1.54) is 0 Å². The van der Waals surface area contributed by atoms with Crippen molar-refractivity contribution < 1.29 is 9.90 Å². The van der Waals surface area contributed by atoms with Crippen molar-refractivity contribution >= 4 is 17.7 Å². The van der Waals surface area contributed by atoms with Crippen LogP contribution < -0.4 is 0 Å². The standard InChI is InChI=1S/C8H10N6O2S/c15-7(16)5-17-8-10-11-12-14(8)4-3-13-2-1-9-6-13/h1-2,6H,3-5H2,(H,15,16). The molecule has 2 heterocycles. The fraction of sp³-hybridized carbons (Fsp3) is 0.375. The molecule has 2 aromatic heterocycles. The molecule has 0 bridgehead atoms. The lowest BCUT2D eigenvalue weighted by Crippen LogP contribution is -2.09. The monoisotopic (exact) mass is 254 g/mol. The van der Waals surface area contributed by atoms with Crippen molar-refractivity contribution in [3.05, 3.63) is 18.7 Å². The second-order valence-corrected chi connectivity index (χ2v) is 4.11. The highest BCUT2D eigenvalue weighted by Crippen LogP contribution is 2.12. The number of aromatic nitrogens is 6. The lowest BCUT2D eigenvalue weighted by Gasteiger charge is -2.03. The Kier molecular flexibility index (Phi) is 3.70. The van der Waals surface area contributed by atoms with E-state index < -0.39 is 5.97 Å². The van der Waals surface area contributed by atoms with Gasteiger partial charge >= 0.3 is 5.97 Å². The van der Waals surface area contributed by atoms with Gasteiger partial charge in [0.15, 0.2) is 0 Å². The molecule has 0 spiro atoms. The number of rotatable bonds is 6. The number of imidazole rings is 1. The first kappa shape index (κ1) is 11.6. The molecule has 0 unspecified atom stereocenters. The summed E-state index contributed by atoms with van der Waals surface area (Å²) in [5.74, 6) is -0.940. The van der Waals surface area contributed by atoms with E-state index in [9.17, 15) is 4.79 Å². The van der Waals surface area contributed by atoms with Crippen LogP contribution in [0.3, 0.4) is 0 Å². The van der Waals surface area contributed by atoms with Gasteiger partial charge in [0.05, 0.1) is 18.6 Å². The van der Waals surface area contributed by atoms with Crippen LogP contribution in [0.15, 0.2) is 23.9 Å². The quantitative estimate of drug-likeness (QED) is 0.709. The highest BCUT2D eigenvalue weighted by atomic mass is 32.2. The van der Waals surface area contributed by atoms with Gasteiger partial charge < -0.3 is 9.67 Å². The number of aliphatic carboxylic acids is 1. The molecule has 0 fully saturated rings. The highest BCUT2D eigenvalue weighted by molar-refractivity contribution is 7.99. The van der Waals surface area contributed by atoms with Gasteiger partial charge in [-0.3, -0.25) is 4.79 Å². The van der Waals surface area contributed by atoms with E-state index in [-0.39, 0.29) is 5.75 Å². The van der Waals surface area contributed by atoms with Crippen LogP contribution >= 0.6 is 11.8 Å². The van der Waals surface area contributed by atoms with E-state index in [1.807, 2.05) is 10.8 Å². The molecule has 17 heavy (non-hydrogen) atoms. The second-order valence-electron chi connectivity index (χ2n) is 3.17. The maximum atomic E-state index is 10.4. The largest absolute Gasteiger partial charge is 0.481 e. The third-order valence-electron chi connectivity index (χ3n) is 1.95. The summed E-state index contributed by atoms with van der Waals surface area (Å²) >= 11 is 1.10. The van der Waals surface area contributed by atoms with Crippen LogP contribution in [0, 0.1) is 0 Å². The molecule has 0 aliphatic heterocycles. The summed E-state index contributed by atoms with van der Waals surface area (Å²) in [5, 5.41) is 20.2. The third-order valence-corrected chi connectivity index (χ3v) is 2.89. The number of nitrogens with zero attached hydrogens (tertiary/aromatic N) is 6. The number of carboxylic acid groups (broad SMARTS) is 1. The zero-order valence-corrected chi connectivity index (χ0v) is 9.62. The molecule has 0 saturated heterocycles. The van der Waals surface area contributed by atoms with Crippen LogP contribution in [0.4, 0.5) is 0 Å². The zero-order chi connectivity index (χ0) is 12.1. The number of thioether (sulfide) groups is 1. The molecule has 0 radical (unpaired) electrons. The topological polar surface area (TPSA) is 98.7 Å². The first-order chi connectivity index (χ1) is 8.25. The molecule has 0 atom stereocenters. The van der Waals surface area contributed by atoms with Crippen LogP contribution in [0.2, 0.25) is 0 Å². The minimum absolute atomic E-state index is 0.0502. The smallest absolute Gasteiger partial charge is 0.313 e. The summed E-state index contributed by atoms with van der Waals surface area (Å²) in [6.45, 7) is 1.26. The molecular weight excluding hydrogens is 244 g/mol. The van der Waals surface area contributed by atoms with E-state index >= 15 is 0 Å². The van der Waals surface area contributed by atoms with Gasteiger partial charge in [0.25, 0.3) is 0 Å². The lowest BCUT2D eigenvalue weighted by molar-refractivity contribution is -0.133. The van der Waals surface area contributed by atoms with Crippen LogP contribution in [0.25, 0.3) is 0 Å². The highest BCUT2D eigenvalue weighted by Gasteiger charge is 2.08. The average molecular weight is 254 g/mol. The predicted octanol–water partition coefficient (Wildman–Crippen LogP) is -0.254. The Morgan fingerprint density at radius 1 is 1.47 bits per heavy atom. The Hall–Kier alpha value is -1.90. The fourth-order valence-electron chi connectivity index (χ4n) is 1.20. The Labute approximate surface area is 101 Å². The first-order valence-electron chi connectivity index (χ1n) is 4.82. The summed E-state index contributed by atoms with van der Waals surface area (Å²) in [6.07, 6.45) is 5.24. The van der Waals surface area contributed by atoms with Crippen molar-refractivity contribution in [3.8, 4) is 0 Å². The normalized spacial score (nSPS) is 10.6. The second kappa shape index (κ2) is 5.43. The minimum atomic E-state index is -0.890. The number of tetrazole rings is 1. The van der Waals surface area contributed by atoms with Gasteiger partial charge in [-0.05, 0) is 10.4 Å². The molecule has 90 valence electrons. The summed E-state index contributed by atoms with van der Waals surface area (Å²) in [4.78, 5) is 14.4. The van der Waals surface area contributed by atoms with E-state index in [2.05, 4.69) is 20.5 Å². The van der Waals surface area contributed by atoms with Crippen LogP contribution in [-0.4, -0.2) is 46.6 Å². The van der Waals surface area contributed by atoms with Crippen molar-refractivity contribution in [1.82, 2.24) is 29.8 Å². The van der Waals surface area contributed by atoms with Gasteiger partial charge in [-0.2, -0.15) is 0 Å². The van der Waals surface area contributed by atoms with E-state index in [0.717, 1.165) is 11.8 Å². The fourth-order valence-corrected chi connectivity index (χ4v) is 1.82. The number of carboxylic acids is 1. The first-order valence-corrected chi connectivity index (χ1v) is 5.81. The zero-order valence-electron chi connectivity index (χ0n) is 8.80. The molecule has 2 aromatic rings. The minimum Gasteiger partial charge on any atom is -0.481 e.